The van der Waals surface area contributed by atoms with Gasteiger partial charge in [-0.05, 0) is 12.1 Å². The van der Waals surface area contributed by atoms with E-state index < -0.39 is 0 Å². The number of nitrogens with zero attached hydrogens (tertiary/aromatic N) is 8. The molecule has 3 aromatic heterocycles. The molecule has 3 heterocycles. The summed E-state index contributed by atoms with van der Waals surface area (Å²) in [6.45, 7) is 0. The third-order valence-corrected chi connectivity index (χ3v) is 5.25. The summed E-state index contributed by atoms with van der Waals surface area (Å²) in [6, 6.07) is 14.9. The van der Waals surface area contributed by atoms with Crippen molar-refractivity contribution in [2.45, 2.75) is 0 Å². The van der Waals surface area contributed by atoms with Crippen LogP contribution < -0.4 is 0 Å². The topological polar surface area (TPSA) is 147 Å². The second kappa shape index (κ2) is 7.11. The lowest BCUT2D eigenvalue weighted by Crippen LogP contribution is -1.96. The van der Waals surface area contributed by atoms with Crippen molar-refractivity contribution in [3.05, 3.63) is 88.3 Å². The van der Waals surface area contributed by atoms with Gasteiger partial charge < -0.3 is 0 Å². The second-order valence-electron chi connectivity index (χ2n) is 6.75. The number of allylic oxidation sites excluding steroid dienone is 5. The molecule has 0 aliphatic heterocycles. The molecule has 0 saturated heterocycles. The molecule has 5 rings (SSSR count). The Bertz CT molecular complexity index is 1460. The van der Waals surface area contributed by atoms with Crippen molar-refractivity contribution in [1.29, 1.82) is 21.0 Å². The van der Waals surface area contributed by atoms with Crippen molar-refractivity contribution in [1.82, 2.24) is 19.9 Å². The van der Waals surface area contributed by atoms with Gasteiger partial charge in [0.15, 0.2) is 0 Å². The monoisotopic (exact) mass is 408 g/mol. The van der Waals surface area contributed by atoms with Crippen LogP contribution in [-0.2, 0) is 0 Å². The molecule has 2 aliphatic rings. The van der Waals surface area contributed by atoms with E-state index in [4.69, 9.17) is 0 Å². The predicted molar refractivity (Wildman–Crippen MR) is 112 cm³/mol. The Morgan fingerprint density at radius 2 is 0.938 bits per heavy atom. The number of rotatable bonds is 0. The zero-order valence-electron chi connectivity index (χ0n) is 16.2. The van der Waals surface area contributed by atoms with Crippen LogP contribution in [0.25, 0.3) is 28.1 Å². The summed E-state index contributed by atoms with van der Waals surface area (Å²) in [5.41, 5.74) is 4.31. The summed E-state index contributed by atoms with van der Waals surface area (Å²) < 4.78 is 0. The number of hydrogen-bond acceptors (Lipinski definition) is 8. The second-order valence-corrected chi connectivity index (χ2v) is 6.75. The molecule has 8 heteroatoms. The standard InChI is InChI=1S/C24H8N8/c25-9-13(10-26)17-20(18(14(11-27)12-28)24-23(17)31-7-8-32-24)19-15-3-1-5-29-21(15)22-16(19)4-2-6-30-22/h1-8H. The van der Waals surface area contributed by atoms with Crippen LogP contribution in [0.3, 0.4) is 0 Å². The van der Waals surface area contributed by atoms with Gasteiger partial charge in [-0.3, -0.25) is 19.9 Å². The zero-order chi connectivity index (χ0) is 22.2. The van der Waals surface area contributed by atoms with E-state index in [1.807, 2.05) is 36.4 Å². The van der Waals surface area contributed by atoms with Gasteiger partial charge in [0.05, 0.1) is 22.8 Å². The van der Waals surface area contributed by atoms with E-state index in [2.05, 4.69) is 19.9 Å². The van der Waals surface area contributed by atoms with Crippen LogP contribution in [-0.4, -0.2) is 19.9 Å². The molecule has 0 N–H and O–H groups in total. The highest BCUT2D eigenvalue weighted by Crippen LogP contribution is 2.54. The molecule has 0 spiro atoms. The fraction of sp³-hybridized carbons (Fsp3) is 0. The molecule has 8 nitrogen and oxygen atoms in total. The Morgan fingerprint density at radius 1 is 0.531 bits per heavy atom. The van der Waals surface area contributed by atoms with E-state index >= 15 is 0 Å². The molecule has 0 fully saturated rings. The predicted octanol–water partition coefficient (Wildman–Crippen LogP) is 3.36. The minimum absolute atomic E-state index is 0.192. The van der Waals surface area contributed by atoms with Crippen LogP contribution in [0.15, 0.2) is 65.8 Å². The SMILES string of the molecule is N#CC(C#N)=C1C(=C2c3cccnc3-c3ncccc32)C(=C(C#N)C#N)c2nccnc21. The highest BCUT2D eigenvalue weighted by molar-refractivity contribution is 6.19. The highest BCUT2D eigenvalue weighted by atomic mass is 14.8. The maximum absolute atomic E-state index is 9.73. The summed E-state index contributed by atoms with van der Waals surface area (Å²) in [4.78, 5) is 17.6. The molecule has 0 unspecified atom stereocenters. The molecule has 3 aromatic rings. The summed E-state index contributed by atoms with van der Waals surface area (Å²) in [7, 11) is 0. The maximum Gasteiger partial charge on any atom is 0.139 e. The van der Waals surface area contributed by atoms with E-state index in [1.165, 1.54) is 12.4 Å². The van der Waals surface area contributed by atoms with E-state index in [1.54, 1.807) is 24.5 Å². The lowest BCUT2D eigenvalue weighted by Gasteiger charge is -2.11. The molecule has 2 aliphatic carbocycles. The van der Waals surface area contributed by atoms with Crippen LogP contribution >= 0.6 is 0 Å². The van der Waals surface area contributed by atoms with Gasteiger partial charge in [-0.2, -0.15) is 21.0 Å². The molecule has 0 amide bonds. The molecule has 0 atom stereocenters. The van der Waals surface area contributed by atoms with E-state index in [-0.39, 0.29) is 33.7 Å². The molecule has 0 radical (unpaired) electrons. The van der Waals surface area contributed by atoms with Crippen molar-refractivity contribution in [3.8, 4) is 35.7 Å². The van der Waals surface area contributed by atoms with Gasteiger partial charge in [0.2, 0.25) is 0 Å². The molecule has 144 valence electrons. The van der Waals surface area contributed by atoms with Gasteiger partial charge in [-0.25, -0.2) is 0 Å². The number of hydrogen-bond donors (Lipinski definition) is 0. The van der Waals surface area contributed by atoms with Gasteiger partial charge in [-0.15, -0.1) is 0 Å². The number of aromatic nitrogens is 4. The van der Waals surface area contributed by atoms with Crippen LogP contribution in [0.2, 0.25) is 0 Å². The quantitative estimate of drug-likeness (QED) is 0.402. The van der Waals surface area contributed by atoms with Crippen LogP contribution in [0.1, 0.15) is 22.5 Å². The van der Waals surface area contributed by atoms with Crippen molar-refractivity contribution < 1.29 is 0 Å². The first-order valence-electron chi connectivity index (χ1n) is 9.32. The summed E-state index contributed by atoms with van der Waals surface area (Å²) in [5.74, 6) is 0. The van der Waals surface area contributed by atoms with Gasteiger partial charge in [0, 0.05) is 58.2 Å². The van der Waals surface area contributed by atoms with Gasteiger partial charge in [0.25, 0.3) is 0 Å². The van der Waals surface area contributed by atoms with Crippen molar-refractivity contribution in [2.24, 2.45) is 0 Å². The lowest BCUT2D eigenvalue weighted by molar-refractivity contribution is 1.16. The average molecular weight is 408 g/mol. The largest absolute Gasteiger partial charge is 0.254 e. The molecule has 32 heavy (non-hydrogen) atoms. The Balaban J connectivity index is 2.08. The Kier molecular flexibility index (Phi) is 4.13. The first-order valence-corrected chi connectivity index (χ1v) is 9.32. The summed E-state index contributed by atoms with van der Waals surface area (Å²) in [6.07, 6.45) is 6.18. The van der Waals surface area contributed by atoms with Crippen molar-refractivity contribution in [2.75, 3.05) is 0 Å². The Hall–Kier alpha value is -5.44. The Morgan fingerprint density at radius 3 is 1.34 bits per heavy atom. The average Bonchev–Trinajstić information content (AvgIpc) is 3.34. The van der Waals surface area contributed by atoms with Gasteiger partial charge >= 0.3 is 0 Å². The molecule has 0 saturated carbocycles. The first kappa shape index (κ1) is 18.6. The molecule has 0 aromatic carbocycles. The fourth-order valence-electron chi connectivity index (χ4n) is 4.08. The smallest absolute Gasteiger partial charge is 0.139 e. The van der Waals surface area contributed by atoms with Crippen molar-refractivity contribution in [3.63, 3.8) is 0 Å². The lowest BCUT2D eigenvalue weighted by atomic mass is 9.89. The van der Waals surface area contributed by atoms with Crippen LogP contribution in [0.5, 0.6) is 0 Å². The number of nitriles is 4. The van der Waals surface area contributed by atoms with Crippen LogP contribution in [0.4, 0.5) is 0 Å². The van der Waals surface area contributed by atoms with E-state index in [0.29, 0.717) is 33.7 Å². The third kappa shape index (κ3) is 2.39. The fourth-order valence-corrected chi connectivity index (χ4v) is 4.08. The Labute approximate surface area is 182 Å². The summed E-state index contributed by atoms with van der Waals surface area (Å²) >= 11 is 0. The summed E-state index contributed by atoms with van der Waals surface area (Å²) in [5, 5.41) is 38.9. The zero-order valence-corrected chi connectivity index (χ0v) is 16.2. The molecular weight excluding hydrogens is 400 g/mol. The van der Waals surface area contributed by atoms with E-state index in [9.17, 15) is 21.0 Å². The first-order chi connectivity index (χ1) is 15.7. The van der Waals surface area contributed by atoms with Crippen molar-refractivity contribution >= 4 is 16.7 Å². The normalized spacial score (nSPS) is 12.6. The van der Waals surface area contributed by atoms with Crippen LogP contribution in [0, 0.1) is 45.3 Å². The van der Waals surface area contributed by atoms with Gasteiger partial charge in [0.1, 0.15) is 35.4 Å². The van der Waals surface area contributed by atoms with E-state index in [0.717, 1.165) is 0 Å². The molecule has 0 bridgehead atoms. The third-order valence-electron chi connectivity index (χ3n) is 5.25. The minimum Gasteiger partial charge on any atom is -0.254 e. The van der Waals surface area contributed by atoms with Gasteiger partial charge in [-0.1, -0.05) is 12.1 Å². The minimum atomic E-state index is -0.192. The number of pyridine rings is 2. The highest BCUT2D eigenvalue weighted by Gasteiger charge is 2.40. The number of fused-ring (bicyclic) bond motifs is 4. The molecular formula is C24H8N8. The maximum atomic E-state index is 9.73.